The first-order valence-corrected chi connectivity index (χ1v) is 7.88. The van der Waals surface area contributed by atoms with Crippen LogP contribution in [0.5, 0.6) is 0 Å². The molecule has 2 aromatic heterocycles. The van der Waals surface area contributed by atoms with Gasteiger partial charge in [0.15, 0.2) is 0 Å². The number of hydrogen-bond acceptors (Lipinski definition) is 6. The number of benzene rings is 1. The molecule has 0 bridgehead atoms. The van der Waals surface area contributed by atoms with Crippen LogP contribution in [-0.2, 0) is 0 Å². The second-order valence-electron chi connectivity index (χ2n) is 5.72. The zero-order valence-corrected chi connectivity index (χ0v) is 12.8. The molecule has 23 heavy (non-hydrogen) atoms. The summed E-state index contributed by atoms with van der Waals surface area (Å²) in [5.74, 6) is 1.70. The summed E-state index contributed by atoms with van der Waals surface area (Å²) in [6.45, 7) is 1.87. The lowest BCUT2D eigenvalue weighted by molar-refractivity contribution is 0.522. The number of nitrogens with one attached hydrogen (secondary N) is 1. The van der Waals surface area contributed by atoms with Gasteiger partial charge < -0.3 is 10.2 Å². The fourth-order valence-corrected chi connectivity index (χ4v) is 3.04. The van der Waals surface area contributed by atoms with Crippen LogP contribution < -0.4 is 10.2 Å². The zero-order chi connectivity index (χ0) is 15.5. The summed E-state index contributed by atoms with van der Waals surface area (Å²) in [4.78, 5) is 19.7. The molecule has 1 N–H and O–H groups in total. The van der Waals surface area contributed by atoms with Crippen molar-refractivity contribution in [1.82, 2.24) is 19.9 Å². The molecule has 116 valence electrons. The number of para-hydroxylation sites is 1. The molecule has 6 nitrogen and oxygen atoms in total. The second-order valence-corrected chi connectivity index (χ2v) is 5.72. The Balaban J connectivity index is 1.54. The molecule has 1 fully saturated rings. The molecule has 6 heteroatoms. The number of rotatable bonds is 3. The maximum Gasteiger partial charge on any atom is 0.225 e. The Morgan fingerprint density at radius 1 is 1.00 bits per heavy atom. The van der Waals surface area contributed by atoms with E-state index in [1.807, 2.05) is 24.3 Å². The normalized spacial score (nSPS) is 18.1. The second kappa shape index (κ2) is 6.16. The highest BCUT2D eigenvalue weighted by Gasteiger charge is 2.22. The smallest absolute Gasteiger partial charge is 0.225 e. The molecule has 0 radical (unpaired) electrons. The summed E-state index contributed by atoms with van der Waals surface area (Å²) >= 11 is 0. The summed E-state index contributed by atoms with van der Waals surface area (Å²) in [6, 6.07) is 10.2. The highest BCUT2D eigenvalue weighted by atomic mass is 15.3. The van der Waals surface area contributed by atoms with E-state index < -0.39 is 0 Å². The van der Waals surface area contributed by atoms with Gasteiger partial charge in [-0.1, -0.05) is 12.1 Å². The third-order valence-electron chi connectivity index (χ3n) is 4.14. The minimum absolute atomic E-state index is 0.325. The number of nitrogens with zero attached hydrogens (tertiary/aromatic N) is 5. The van der Waals surface area contributed by atoms with Gasteiger partial charge in [0.1, 0.15) is 12.1 Å². The summed E-state index contributed by atoms with van der Waals surface area (Å²) < 4.78 is 0. The Bertz CT molecular complexity index is 786. The average Bonchev–Trinajstić information content (AvgIpc) is 2.63. The Hall–Kier alpha value is -2.76. The SMILES string of the molecule is c1cnc(N2CCC[C@@H](Nc3ncnc4ccccc34)C2)nc1. The van der Waals surface area contributed by atoms with Crippen LogP contribution in [0, 0.1) is 0 Å². The molecule has 4 rings (SSSR count). The van der Waals surface area contributed by atoms with Crippen molar-refractivity contribution < 1.29 is 0 Å². The van der Waals surface area contributed by atoms with Crippen molar-refractivity contribution in [1.29, 1.82) is 0 Å². The summed E-state index contributed by atoms with van der Waals surface area (Å²) in [5.41, 5.74) is 0.962. The van der Waals surface area contributed by atoms with E-state index in [0.29, 0.717) is 6.04 Å². The summed E-state index contributed by atoms with van der Waals surface area (Å²) in [6.07, 6.45) is 7.42. The van der Waals surface area contributed by atoms with Gasteiger partial charge in [0.05, 0.1) is 5.52 Å². The van der Waals surface area contributed by atoms with Crippen LogP contribution in [0.25, 0.3) is 10.9 Å². The molecule has 1 aliphatic rings. The molecule has 1 aliphatic heterocycles. The largest absolute Gasteiger partial charge is 0.365 e. The minimum Gasteiger partial charge on any atom is -0.365 e. The van der Waals surface area contributed by atoms with Crippen molar-refractivity contribution in [3.63, 3.8) is 0 Å². The van der Waals surface area contributed by atoms with Crippen LogP contribution in [0.2, 0.25) is 0 Å². The van der Waals surface area contributed by atoms with E-state index in [-0.39, 0.29) is 0 Å². The van der Waals surface area contributed by atoms with Gasteiger partial charge in [-0.25, -0.2) is 19.9 Å². The van der Waals surface area contributed by atoms with Gasteiger partial charge in [0.2, 0.25) is 5.95 Å². The molecular weight excluding hydrogens is 288 g/mol. The van der Waals surface area contributed by atoms with E-state index >= 15 is 0 Å². The Kier molecular flexibility index (Phi) is 3.71. The Labute approximate surface area is 134 Å². The van der Waals surface area contributed by atoms with E-state index in [4.69, 9.17) is 0 Å². The number of piperidine rings is 1. The third kappa shape index (κ3) is 2.92. The number of anilines is 2. The van der Waals surface area contributed by atoms with E-state index in [0.717, 1.165) is 48.6 Å². The number of fused-ring (bicyclic) bond motifs is 1. The van der Waals surface area contributed by atoms with E-state index in [9.17, 15) is 0 Å². The fraction of sp³-hybridized carbons (Fsp3) is 0.294. The van der Waals surface area contributed by atoms with Gasteiger partial charge in [0.25, 0.3) is 0 Å². The van der Waals surface area contributed by atoms with Gasteiger partial charge in [-0.3, -0.25) is 0 Å². The average molecular weight is 306 g/mol. The van der Waals surface area contributed by atoms with Gasteiger partial charge >= 0.3 is 0 Å². The lowest BCUT2D eigenvalue weighted by Crippen LogP contribution is -2.43. The minimum atomic E-state index is 0.325. The molecule has 0 unspecified atom stereocenters. The fourth-order valence-electron chi connectivity index (χ4n) is 3.04. The topological polar surface area (TPSA) is 66.8 Å². The molecule has 1 saturated heterocycles. The van der Waals surface area contributed by atoms with Gasteiger partial charge in [-0.2, -0.15) is 0 Å². The first kappa shape index (κ1) is 13.9. The van der Waals surface area contributed by atoms with Crippen molar-refractivity contribution >= 4 is 22.7 Å². The lowest BCUT2D eigenvalue weighted by Gasteiger charge is -2.33. The van der Waals surface area contributed by atoms with Crippen LogP contribution >= 0.6 is 0 Å². The first-order valence-electron chi connectivity index (χ1n) is 7.88. The molecule has 1 atom stereocenters. The van der Waals surface area contributed by atoms with Crippen molar-refractivity contribution in [2.75, 3.05) is 23.3 Å². The first-order chi connectivity index (χ1) is 11.4. The molecule has 0 spiro atoms. The zero-order valence-electron chi connectivity index (χ0n) is 12.8. The molecule has 1 aromatic carbocycles. The van der Waals surface area contributed by atoms with Crippen molar-refractivity contribution in [2.24, 2.45) is 0 Å². The summed E-state index contributed by atoms with van der Waals surface area (Å²) in [5, 5.41) is 4.63. The van der Waals surface area contributed by atoms with Crippen LogP contribution in [0.3, 0.4) is 0 Å². The number of aromatic nitrogens is 4. The molecule has 3 aromatic rings. The van der Waals surface area contributed by atoms with E-state index in [1.165, 1.54) is 0 Å². The van der Waals surface area contributed by atoms with Crippen molar-refractivity contribution in [3.8, 4) is 0 Å². The monoisotopic (exact) mass is 306 g/mol. The van der Waals surface area contributed by atoms with Crippen molar-refractivity contribution in [2.45, 2.75) is 18.9 Å². The third-order valence-corrected chi connectivity index (χ3v) is 4.14. The summed E-state index contributed by atoms with van der Waals surface area (Å²) in [7, 11) is 0. The maximum absolute atomic E-state index is 4.43. The Morgan fingerprint density at radius 3 is 2.78 bits per heavy atom. The van der Waals surface area contributed by atoms with Crippen LogP contribution in [0.1, 0.15) is 12.8 Å². The van der Waals surface area contributed by atoms with Gasteiger partial charge in [-0.15, -0.1) is 0 Å². The van der Waals surface area contributed by atoms with Crippen LogP contribution in [-0.4, -0.2) is 39.1 Å². The van der Waals surface area contributed by atoms with Crippen molar-refractivity contribution in [3.05, 3.63) is 49.1 Å². The van der Waals surface area contributed by atoms with Crippen LogP contribution in [0.4, 0.5) is 11.8 Å². The van der Waals surface area contributed by atoms with Gasteiger partial charge in [-0.05, 0) is 31.0 Å². The Morgan fingerprint density at radius 2 is 1.87 bits per heavy atom. The molecular formula is C17H18N6. The molecule has 0 saturated carbocycles. The standard InChI is InChI=1S/C17H18N6/c1-2-7-15-14(6-1)16(21-12-20-15)22-13-5-3-10-23(11-13)17-18-8-4-9-19-17/h1-2,4,6-9,12-13H,3,5,10-11H2,(H,20,21,22)/t13-/m1/s1. The highest BCUT2D eigenvalue weighted by molar-refractivity contribution is 5.88. The highest BCUT2D eigenvalue weighted by Crippen LogP contribution is 2.22. The van der Waals surface area contributed by atoms with Gasteiger partial charge in [0, 0.05) is 36.9 Å². The lowest BCUT2D eigenvalue weighted by atomic mass is 10.1. The molecule has 0 amide bonds. The number of hydrogen-bond donors (Lipinski definition) is 1. The maximum atomic E-state index is 4.43. The van der Waals surface area contributed by atoms with E-state index in [2.05, 4.69) is 36.2 Å². The van der Waals surface area contributed by atoms with E-state index in [1.54, 1.807) is 18.7 Å². The predicted molar refractivity (Wildman–Crippen MR) is 90.4 cm³/mol. The molecule has 3 heterocycles. The predicted octanol–water partition coefficient (Wildman–Crippen LogP) is 2.50. The van der Waals surface area contributed by atoms with Crippen LogP contribution in [0.15, 0.2) is 49.1 Å². The molecule has 0 aliphatic carbocycles. The quantitative estimate of drug-likeness (QED) is 0.802.